The number of nitrogens with zero attached hydrogens (tertiary/aromatic N) is 1. The zero-order valence-electron chi connectivity index (χ0n) is 6.26. The van der Waals surface area contributed by atoms with E-state index in [0.717, 1.165) is 30.9 Å². The molecule has 69 valence electrons. The molecule has 1 rings (SSSR count). The molecule has 0 aromatic carbocycles. The van der Waals surface area contributed by atoms with Crippen molar-refractivity contribution in [3.63, 3.8) is 0 Å². The zero-order valence-corrected chi connectivity index (χ0v) is 7.20. The average molecular weight is 210 g/mol. The number of hydrazine groups is 1. The van der Waals surface area contributed by atoms with E-state index in [2.05, 4.69) is 0 Å². The van der Waals surface area contributed by atoms with Gasteiger partial charge in [0.25, 0.3) is 0 Å². The van der Waals surface area contributed by atoms with Crippen LogP contribution in [-0.4, -0.2) is 21.6 Å². The van der Waals surface area contributed by atoms with E-state index in [1.165, 1.54) is 6.42 Å². The van der Waals surface area contributed by atoms with E-state index in [4.69, 9.17) is 10.4 Å². The van der Waals surface area contributed by atoms with Gasteiger partial charge in [-0.05, 0) is 12.8 Å². The molecule has 1 aliphatic rings. The first-order valence-electron chi connectivity index (χ1n) is 3.72. The van der Waals surface area contributed by atoms with Gasteiger partial charge in [-0.25, -0.2) is 0 Å². The summed E-state index contributed by atoms with van der Waals surface area (Å²) in [7, 11) is 0. The molecule has 1 fully saturated rings. The van der Waals surface area contributed by atoms with Crippen LogP contribution in [0.15, 0.2) is 0 Å². The smallest absolute Gasteiger partial charge is 0.300 e. The van der Waals surface area contributed by atoms with Gasteiger partial charge in [0.1, 0.15) is 0 Å². The summed E-state index contributed by atoms with van der Waals surface area (Å²) in [6.07, 6.45) is 5.46. The Morgan fingerprint density at radius 2 is 1.73 bits per heavy atom. The standard InChI is InChI=1S/C6H14N2O2.Cu/c9-7-8(10)6-4-2-1-3-5-6;/h6-7,9-10H,1-5H2;/q;+2. The summed E-state index contributed by atoms with van der Waals surface area (Å²) in [5.41, 5.74) is 1.72. The predicted molar refractivity (Wildman–Crippen MR) is 35.4 cm³/mol. The molecule has 0 heterocycles. The second kappa shape index (κ2) is 5.94. The first-order chi connectivity index (χ1) is 4.84. The van der Waals surface area contributed by atoms with Crippen molar-refractivity contribution >= 4 is 0 Å². The Hall–Kier alpha value is 0.359. The van der Waals surface area contributed by atoms with Crippen molar-refractivity contribution in [1.29, 1.82) is 0 Å². The molecule has 11 heavy (non-hydrogen) atoms. The number of hydroxylamine groups is 1. The number of hydrogen-bond acceptors (Lipinski definition) is 4. The summed E-state index contributed by atoms with van der Waals surface area (Å²) in [5.74, 6) is 0. The van der Waals surface area contributed by atoms with Crippen LogP contribution in [0.25, 0.3) is 0 Å². The Balaban J connectivity index is 0.000001000. The van der Waals surface area contributed by atoms with Crippen LogP contribution < -0.4 is 5.59 Å². The van der Waals surface area contributed by atoms with Crippen LogP contribution in [0, 0.1) is 0 Å². The third-order valence-electron chi connectivity index (χ3n) is 2.02. The normalized spacial score (nSPS) is 19.9. The van der Waals surface area contributed by atoms with Crippen LogP contribution in [0.4, 0.5) is 0 Å². The summed E-state index contributed by atoms with van der Waals surface area (Å²) in [6, 6.07) is 0.0961. The van der Waals surface area contributed by atoms with Gasteiger partial charge < -0.3 is 0 Å². The molecule has 0 bridgehead atoms. The summed E-state index contributed by atoms with van der Waals surface area (Å²) >= 11 is 0. The monoisotopic (exact) mass is 209 g/mol. The van der Waals surface area contributed by atoms with Gasteiger partial charge in [-0.2, -0.15) is 0 Å². The first kappa shape index (κ1) is 11.4. The van der Waals surface area contributed by atoms with Crippen LogP contribution in [0.3, 0.4) is 0 Å². The Morgan fingerprint density at radius 3 is 2.18 bits per heavy atom. The molecule has 0 aliphatic heterocycles. The van der Waals surface area contributed by atoms with Crippen molar-refractivity contribution in [2.45, 2.75) is 38.1 Å². The zero-order chi connectivity index (χ0) is 7.40. The van der Waals surface area contributed by atoms with Gasteiger partial charge in [-0.15, -0.1) is 10.8 Å². The first-order valence-corrected chi connectivity index (χ1v) is 3.72. The predicted octanol–water partition coefficient (Wildman–Crippen LogP) is 0.902. The fourth-order valence-electron chi connectivity index (χ4n) is 1.41. The summed E-state index contributed by atoms with van der Waals surface area (Å²) in [4.78, 5) is 0. The molecule has 0 saturated heterocycles. The molecule has 0 aromatic rings. The fraction of sp³-hybridized carbons (Fsp3) is 1.00. The number of hydrogen-bond donors (Lipinski definition) is 3. The van der Waals surface area contributed by atoms with Gasteiger partial charge in [0, 0.05) is 0 Å². The molecule has 0 aromatic heterocycles. The van der Waals surface area contributed by atoms with E-state index in [1.54, 1.807) is 5.59 Å². The molecule has 4 nitrogen and oxygen atoms in total. The topological polar surface area (TPSA) is 55.7 Å². The minimum atomic E-state index is 0. The van der Waals surface area contributed by atoms with Crippen LogP contribution in [0.2, 0.25) is 0 Å². The molecular weight excluding hydrogens is 196 g/mol. The molecule has 3 N–H and O–H groups in total. The van der Waals surface area contributed by atoms with Crippen LogP contribution in [0.1, 0.15) is 32.1 Å². The van der Waals surface area contributed by atoms with E-state index in [9.17, 15) is 0 Å². The minimum Gasteiger partial charge on any atom is -0.300 e. The van der Waals surface area contributed by atoms with Gasteiger partial charge in [0.2, 0.25) is 0 Å². The Morgan fingerprint density at radius 1 is 1.18 bits per heavy atom. The van der Waals surface area contributed by atoms with Crippen molar-refractivity contribution in [3.8, 4) is 0 Å². The maximum atomic E-state index is 8.95. The summed E-state index contributed by atoms with van der Waals surface area (Å²) < 4.78 is 0. The van der Waals surface area contributed by atoms with Crippen LogP contribution in [-0.2, 0) is 17.1 Å². The molecule has 5 heteroatoms. The largest absolute Gasteiger partial charge is 2.00 e. The van der Waals surface area contributed by atoms with Crippen molar-refractivity contribution in [1.82, 2.24) is 10.8 Å². The molecule has 0 unspecified atom stereocenters. The number of rotatable bonds is 2. The molecule has 0 spiro atoms. The van der Waals surface area contributed by atoms with Crippen molar-refractivity contribution in [3.05, 3.63) is 0 Å². The molecule has 1 radical (unpaired) electrons. The Labute approximate surface area is 76.9 Å². The van der Waals surface area contributed by atoms with E-state index < -0.39 is 0 Å². The maximum Gasteiger partial charge on any atom is 2.00 e. The third kappa shape index (κ3) is 3.51. The van der Waals surface area contributed by atoms with Gasteiger partial charge in [-0.1, -0.05) is 19.3 Å². The average Bonchev–Trinajstić information content (AvgIpc) is 2.05. The van der Waals surface area contributed by atoms with Crippen molar-refractivity contribution in [2.75, 3.05) is 0 Å². The summed E-state index contributed by atoms with van der Waals surface area (Å²) in [6.45, 7) is 0. The van der Waals surface area contributed by atoms with Gasteiger partial charge in [0.05, 0.1) is 6.04 Å². The van der Waals surface area contributed by atoms with Gasteiger partial charge >= 0.3 is 17.1 Å². The second-order valence-electron chi connectivity index (χ2n) is 2.74. The summed E-state index contributed by atoms with van der Waals surface area (Å²) in [5, 5.41) is 18.1. The van der Waals surface area contributed by atoms with E-state index in [-0.39, 0.29) is 23.1 Å². The van der Waals surface area contributed by atoms with Gasteiger partial charge in [-0.3, -0.25) is 10.4 Å². The number of nitrogens with one attached hydrogen (secondary N) is 1. The van der Waals surface area contributed by atoms with Crippen LogP contribution in [0.5, 0.6) is 0 Å². The van der Waals surface area contributed by atoms with Crippen molar-refractivity contribution < 1.29 is 27.5 Å². The third-order valence-corrected chi connectivity index (χ3v) is 2.02. The van der Waals surface area contributed by atoms with E-state index in [0.29, 0.717) is 0 Å². The Bertz CT molecular complexity index is 98.6. The minimum absolute atomic E-state index is 0. The van der Waals surface area contributed by atoms with Crippen molar-refractivity contribution in [2.24, 2.45) is 0 Å². The molecule has 1 aliphatic carbocycles. The second-order valence-corrected chi connectivity index (χ2v) is 2.74. The quantitative estimate of drug-likeness (QED) is 0.468. The SMILES string of the molecule is ONN(O)C1CCCCC1.[Cu+2]. The van der Waals surface area contributed by atoms with Crippen LogP contribution >= 0.6 is 0 Å². The Kier molecular flexibility index (Phi) is 6.13. The fourth-order valence-corrected chi connectivity index (χ4v) is 1.41. The molecule has 0 atom stereocenters. The van der Waals surface area contributed by atoms with E-state index in [1.807, 2.05) is 0 Å². The maximum absolute atomic E-state index is 8.95. The van der Waals surface area contributed by atoms with E-state index >= 15 is 0 Å². The van der Waals surface area contributed by atoms with Gasteiger partial charge in [0.15, 0.2) is 0 Å². The molecule has 0 amide bonds. The molecular formula is C6H14CuN2O2+2. The molecule has 1 saturated carbocycles.